The van der Waals surface area contributed by atoms with Crippen LogP contribution < -0.4 is 15.2 Å². The lowest BCUT2D eigenvalue weighted by atomic mass is 10.1. The number of hydrogen-bond acceptors (Lipinski definition) is 5. The third kappa shape index (κ3) is 3.37. The van der Waals surface area contributed by atoms with Crippen molar-refractivity contribution in [2.75, 3.05) is 40.5 Å². The Bertz CT molecular complexity index is 412. The van der Waals surface area contributed by atoms with E-state index in [1.807, 2.05) is 12.1 Å². The Kier molecular flexibility index (Phi) is 5.01. The number of nitrogens with zero attached hydrogens (tertiary/aromatic N) is 1. The lowest BCUT2D eigenvalue weighted by molar-refractivity contribution is -0.0262. The van der Waals surface area contributed by atoms with Crippen molar-refractivity contribution in [2.45, 2.75) is 12.6 Å². The Hall–Kier alpha value is -1.30. The molecule has 1 heterocycles. The first kappa shape index (κ1) is 14.1. The highest BCUT2D eigenvalue weighted by Crippen LogP contribution is 2.31. The maximum Gasteiger partial charge on any atom is 0.165 e. The summed E-state index contributed by atoms with van der Waals surface area (Å²) in [5.74, 6) is 1.57. The van der Waals surface area contributed by atoms with Crippen LogP contribution in [0.15, 0.2) is 18.2 Å². The number of methoxy groups -OCH3 is 2. The SMILES string of the molecule is COc1cccc(CN2CCOC(CN)C2)c1OC. The molecule has 2 N–H and O–H groups in total. The third-order valence-corrected chi connectivity index (χ3v) is 3.36. The molecule has 0 aliphatic carbocycles. The average Bonchev–Trinajstić information content (AvgIpc) is 2.47. The van der Waals surface area contributed by atoms with Gasteiger partial charge in [0.15, 0.2) is 11.5 Å². The molecule has 0 aromatic heterocycles. The molecule has 0 radical (unpaired) electrons. The second-order valence-electron chi connectivity index (χ2n) is 4.62. The first-order valence-corrected chi connectivity index (χ1v) is 6.52. The molecule has 1 unspecified atom stereocenters. The van der Waals surface area contributed by atoms with Crippen LogP contribution >= 0.6 is 0 Å². The van der Waals surface area contributed by atoms with Crippen LogP contribution in [0.1, 0.15) is 5.56 Å². The molecule has 1 aromatic rings. The summed E-state index contributed by atoms with van der Waals surface area (Å²) in [5, 5.41) is 0. The van der Waals surface area contributed by atoms with E-state index in [-0.39, 0.29) is 6.10 Å². The summed E-state index contributed by atoms with van der Waals surface area (Å²) in [5.41, 5.74) is 6.79. The van der Waals surface area contributed by atoms with E-state index in [0.29, 0.717) is 6.54 Å². The van der Waals surface area contributed by atoms with Gasteiger partial charge in [0.05, 0.1) is 26.9 Å². The average molecular weight is 266 g/mol. The normalized spacial score (nSPS) is 20.3. The van der Waals surface area contributed by atoms with Crippen LogP contribution in [0.3, 0.4) is 0 Å². The largest absolute Gasteiger partial charge is 0.493 e. The second kappa shape index (κ2) is 6.75. The van der Waals surface area contributed by atoms with Crippen molar-refractivity contribution >= 4 is 0 Å². The second-order valence-corrected chi connectivity index (χ2v) is 4.62. The maximum atomic E-state index is 5.66. The molecule has 0 bridgehead atoms. The highest BCUT2D eigenvalue weighted by atomic mass is 16.5. The van der Waals surface area contributed by atoms with Crippen molar-refractivity contribution in [3.63, 3.8) is 0 Å². The zero-order chi connectivity index (χ0) is 13.7. The summed E-state index contributed by atoms with van der Waals surface area (Å²) >= 11 is 0. The number of rotatable bonds is 5. The fourth-order valence-corrected chi connectivity index (χ4v) is 2.39. The molecule has 19 heavy (non-hydrogen) atoms. The Morgan fingerprint density at radius 2 is 2.21 bits per heavy atom. The Labute approximate surface area is 114 Å². The summed E-state index contributed by atoms with van der Waals surface area (Å²) in [6, 6.07) is 5.95. The smallest absolute Gasteiger partial charge is 0.165 e. The lowest BCUT2D eigenvalue weighted by Crippen LogP contribution is -2.45. The van der Waals surface area contributed by atoms with Gasteiger partial charge in [-0.2, -0.15) is 0 Å². The van der Waals surface area contributed by atoms with E-state index in [9.17, 15) is 0 Å². The van der Waals surface area contributed by atoms with Crippen LogP contribution in [0.4, 0.5) is 0 Å². The van der Waals surface area contributed by atoms with Crippen LogP contribution in [0.2, 0.25) is 0 Å². The van der Waals surface area contributed by atoms with Crippen LogP contribution in [0.5, 0.6) is 11.5 Å². The van der Waals surface area contributed by atoms with Crippen molar-refractivity contribution < 1.29 is 14.2 Å². The molecule has 0 spiro atoms. The Morgan fingerprint density at radius 3 is 2.89 bits per heavy atom. The standard InChI is InChI=1S/C14H22N2O3/c1-17-13-5-3-4-11(14(13)18-2)9-16-6-7-19-12(8-15)10-16/h3-5,12H,6-10,15H2,1-2H3. The molecule has 1 saturated heterocycles. The molecule has 5 nitrogen and oxygen atoms in total. The first-order valence-electron chi connectivity index (χ1n) is 6.52. The molecule has 5 heteroatoms. The zero-order valence-corrected chi connectivity index (χ0v) is 11.6. The van der Waals surface area contributed by atoms with Crippen LogP contribution in [-0.4, -0.2) is 51.5 Å². The minimum absolute atomic E-state index is 0.130. The van der Waals surface area contributed by atoms with E-state index >= 15 is 0 Å². The van der Waals surface area contributed by atoms with E-state index in [1.54, 1.807) is 14.2 Å². The van der Waals surface area contributed by atoms with Gasteiger partial charge in [0.1, 0.15) is 0 Å². The topological polar surface area (TPSA) is 57.0 Å². The van der Waals surface area contributed by atoms with Crippen LogP contribution in [0.25, 0.3) is 0 Å². The summed E-state index contributed by atoms with van der Waals surface area (Å²) in [6.07, 6.45) is 0.130. The summed E-state index contributed by atoms with van der Waals surface area (Å²) < 4.78 is 16.3. The highest BCUT2D eigenvalue weighted by molar-refractivity contribution is 5.46. The molecule has 1 aliphatic heterocycles. The molecule has 1 atom stereocenters. The van der Waals surface area contributed by atoms with Gasteiger partial charge in [0.25, 0.3) is 0 Å². The van der Waals surface area contributed by atoms with E-state index in [0.717, 1.165) is 43.3 Å². The molecule has 0 amide bonds. The van der Waals surface area contributed by atoms with Gasteiger partial charge in [-0.15, -0.1) is 0 Å². The number of para-hydroxylation sites is 1. The highest BCUT2D eigenvalue weighted by Gasteiger charge is 2.21. The number of nitrogens with two attached hydrogens (primary N) is 1. The van der Waals surface area contributed by atoms with Crippen LogP contribution in [-0.2, 0) is 11.3 Å². The minimum atomic E-state index is 0.130. The number of benzene rings is 1. The predicted octanol–water partition coefficient (Wildman–Crippen LogP) is 0.863. The van der Waals surface area contributed by atoms with Crippen molar-refractivity contribution in [3.05, 3.63) is 23.8 Å². The van der Waals surface area contributed by atoms with Gasteiger partial charge in [-0.25, -0.2) is 0 Å². The molecular formula is C14H22N2O3. The minimum Gasteiger partial charge on any atom is -0.493 e. The molecule has 106 valence electrons. The van der Waals surface area contributed by atoms with Crippen molar-refractivity contribution in [3.8, 4) is 11.5 Å². The zero-order valence-electron chi connectivity index (χ0n) is 11.6. The third-order valence-electron chi connectivity index (χ3n) is 3.36. The van der Waals surface area contributed by atoms with Crippen LogP contribution in [0, 0.1) is 0 Å². The maximum absolute atomic E-state index is 5.66. The quantitative estimate of drug-likeness (QED) is 0.857. The molecule has 1 aliphatic rings. The van der Waals surface area contributed by atoms with E-state index in [2.05, 4.69) is 11.0 Å². The van der Waals surface area contributed by atoms with Crippen molar-refractivity contribution in [2.24, 2.45) is 5.73 Å². The lowest BCUT2D eigenvalue weighted by Gasteiger charge is -2.32. The Balaban J connectivity index is 2.10. The Morgan fingerprint density at radius 1 is 1.37 bits per heavy atom. The van der Waals surface area contributed by atoms with E-state index in [4.69, 9.17) is 19.9 Å². The number of hydrogen-bond donors (Lipinski definition) is 1. The monoisotopic (exact) mass is 266 g/mol. The first-order chi connectivity index (χ1) is 9.28. The van der Waals surface area contributed by atoms with E-state index < -0.39 is 0 Å². The van der Waals surface area contributed by atoms with Crippen molar-refractivity contribution in [1.82, 2.24) is 4.90 Å². The van der Waals surface area contributed by atoms with E-state index in [1.165, 1.54) is 0 Å². The summed E-state index contributed by atoms with van der Waals surface area (Å²) in [7, 11) is 3.32. The van der Waals surface area contributed by atoms with Gasteiger partial charge >= 0.3 is 0 Å². The number of morpholine rings is 1. The van der Waals surface area contributed by atoms with Gasteiger partial charge in [0, 0.05) is 31.7 Å². The summed E-state index contributed by atoms with van der Waals surface area (Å²) in [6.45, 7) is 3.88. The van der Waals surface area contributed by atoms with Gasteiger partial charge < -0.3 is 19.9 Å². The fourth-order valence-electron chi connectivity index (χ4n) is 2.39. The predicted molar refractivity (Wildman–Crippen MR) is 73.6 cm³/mol. The molecule has 1 fully saturated rings. The molecule has 1 aromatic carbocycles. The molecule has 2 rings (SSSR count). The van der Waals surface area contributed by atoms with Gasteiger partial charge in [0.2, 0.25) is 0 Å². The van der Waals surface area contributed by atoms with Crippen molar-refractivity contribution in [1.29, 1.82) is 0 Å². The van der Waals surface area contributed by atoms with Gasteiger partial charge in [-0.05, 0) is 6.07 Å². The molecular weight excluding hydrogens is 244 g/mol. The number of ether oxygens (including phenoxy) is 3. The van der Waals surface area contributed by atoms with Gasteiger partial charge in [-0.1, -0.05) is 12.1 Å². The van der Waals surface area contributed by atoms with Gasteiger partial charge in [-0.3, -0.25) is 4.90 Å². The summed E-state index contributed by atoms with van der Waals surface area (Å²) in [4.78, 5) is 2.33. The molecule has 0 saturated carbocycles. The fraction of sp³-hybridized carbons (Fsp3) is 0.571.